The van der Waals surface area contributed by atoms with Crippen LogP contribution in [-0.4, -0.2) is 17.9 Å². The number of hydrogen-bond donors (Lipinski definition) is 2. The average molecular weight is 643 g/mol. The summed E-state index contributed by atoms with van der Waals surface area (Å²) in [6.07, 6.45) is 1.36. The predicted octanol–water partition coefficient (Wildman–Crippen LogP) is 10.6. The summed E-state index contributed by atoms with van der Waals surface area (Å²) in [4.78, 5) is 9.85. The third-order valence-corrected chi connectivity index (χ3v) is 9.45. The molecule has 8 rings (SSSR count). The largest absolute Gasteiger partial charge is 0.383 e. The number of nitrogens with two attached hydrogens (primary N) is 1. The molecule has 0 spiro atoms. The van der Waals surface area contributed by atoms with Crippen LogP contribution in [0.1, 0.15) is 33.4 Å². The zero-order valence-electron chi connectivity index (χ0n) is 27.5. The van der Waals surface area contributed by atoms with Crippen LogP contribution in [0.5, 0.6) is 0 Å². The lowest BCUT2D eigenvalue weighted by Crippen LogP contribution is -2.16. The van der Waals surface area contributed by atoms with Crippen molar-refractivity contribution in [1.82, 2.24) is 0 Å². The van der Waals surface area contributed by atoms with Crippen molar-refractivity contribution in [2.24, 2.45) is 15.7 Å². The van der Waals surface area contributed by atoms with Gasteiger partial charge in [-0.2, -0.15) is 0 Å². The maximum atomic E-state index is 7.77. The summed E-state index contributed by atoms with van der Waals surface area (Å²) in [7, 11) is 0. The van der Waals surface area contributed by atoms with Gasteiger partial charge in [0.1, 0.15) is 5.84 Å². The molecule has 238 valence electrons. The van der Waals surface area contributed by atoms with E-state index in [0.717, 1.165) is 44.5 Å². The third kappa shape index (κ3) is 5.63. The van der Waals surface area contributed by atoms with E-state index in [4.69, 9.17) is 21.1 Å². The number of nitrogens with one attached hydrogen (secondary N) is 1. The molecule has 0 fully saturated rings. The van der Waals surface area contributed by atoms with Gasteiger partial charge in [0.05, 0.1) is 6.54 Å². The highest BCUT2D eigenvalue weighted by Gasteiger charge is 2.22. The molecule has 0 bridgehead atoms. The fourth-order valence-electron chi connectivity index (χ4n) is 6.87. The number of benzene rings is 7. The van der Waals surface area contributed by atoms with Crippen LogP contribution < -0.4 is 5.73 Å². The fraction of sp³-hybridized carbons (Fsp3) is 0.0217. The number of aliphatic imine (C=N–C) groups is 2. The van der Waals surface area contributed by atoms with E-state index in [-0.39, 0.29) is 0 Å². The Morgan fingerprint density at radius 2 is 1.18 bits per heavy atom. The standard InChI is InChI=1S/C46H34N4/c1-30(37-13-6-5-12-36(37)28-47)32-18-22-34(23-19-32)45(48)50-46(49-29-31-10-3-2-4-11-31)35-24-20-33(21-25-35)38-26-27-43-40-15-8-7-14-39(40)42-17-9-16-41(38)44(42)43/h2-28,47H,1,29H2,(H2,48,49,50). The van der Waals surface area contributed by atoms with Crippen LogP contribution in [0.2, 0.25) is 0 Å². The van der Waals surface area contributed by atoms with E-state index in [1.165, 1.54) is 44.8 Å². The highest BCUT2D eigenvalue weighted by molar-refractivity contribution is 6.18. The second-order valence-electron chi connectivity index (χ2n) is 12.4. The van der Waals surface area contributed by atoms with Crippen LogP contribution in [0.25, 0.3) is 49.7 Å². The van der Waals surface area contributed by atoms with Crippen LogP contribution in [0.3, 0.4) is 0 Å². The van der Waals surface area contributed by atoms with Gasteiger partial charge in [0, 0.05) is 17.3 Å². The van der Waals surface area contributed by atoms with E-state index >= 15 is 0 Å². The Kier molecular flexibility index (Phi) is 8.03. The van der Waals surface area contributed by atoms with Crippen LogP contribution in [0.4, 0.5) is 0 Å². The molecule has 0 aromatic heterocycles. The van der Waals surface area contributed by atoms with Gasteiger partial charge in [0.15, 0.2) is 5.84 Å². The molecule has 0 saturated heterocycles. The molecule has 0 heterocycles. The average Bonchev–Trinajstić information content (AvgIpc) is 3.51. The molecule has 1 aliphatic rings. The van der Waals surface area contributed by atoms with Crippen LogP contribution in [0.15, 0.2) is 174 Å². The van der Waals surface area contributed by atoms with Gasteiger partial charge in [0.2, 0.25) is 0 Å². The molecule has 50 heavy (non-hydrogen) atoms. The summed E-state index contributed by atoms with van der Waals surface area (Å²) in [5, 5.41) is 10.3. The first-order valence-corrected chi connectivity index (χ1v) is 16.7. The van der Waals surface area contributed by atoms with Gasteiger partial charge in [-0.15, -0.1) is 0 Å². The first-order chi connectivity index (χ1) is 24.6. The van der Waals surface area contributed by atoms with Crippen molar-refractivity contribution < 1.29 is 0 Å². The van der Waals surface area contributed by atoms with Gasteiger partial charge in [-0.05, 0) is 72.0 Å². The van der Waals surface area contributed by atoms with Gasteiger partial charge < -0.3 is 11.1 Å². The molecule has 0 radical (unpaired) electrons. The summed E-state index contributed by atoms with van der Waals surface area (Å²) in [6.45, 7) is 4.78. The Morgan fingerprint density at radius 1 is 0.580 bits per heavy atom. The van der Waals surface area contributed by atoms with E-state index in [1.54, 1.807) is 0 Å². The molecule has 4 heteroatoms. The number of hydrogen-bond acceptors (Lipinski definition) is 2. The third-order valence-electron chi connectivity index (χ3n) is 9.45. The van der Waals surface area contributed by atoms with Gasteiger partial charge in [-0.3, -0.25) is 4.99 Å². The monoisotopic (exact) mass is 642 g/mol. The molecule has 4 nitrogen and oxygen atoms in total. The summed E-state index contributed by atoms with van der Waals surface area (Å²) in [6, 6.07) is 54.1. The Morgan fingerprint density at radius 3 is 1.92 bits per heavy atom. The Labute approximate surface area is 292 Å². The minimum Gasteiger partial charge on any atom is -0.383 e. The maximum Gasteiger partial charge on any atom is 0.157 e. The fourth-order valence-corrected chi connectivity index (χ4v) is 6.87. The van der Waals surface area contributed by atoms with Crippen molar-refractivity contribution in [2.45, 2.75) is 6.54 Å². The summed E-state index contributed by atoms with van der Waals surface area (Å²) >= 11 is 0. The summed E-state index contributed by atoms with van der Waals surface area (Å²) < 4.78 is 0. The molecular formula is C46H34N4. The molecule has 0 atom stereocenters. The number of amidine groups is 2. The molecule has 7 aromatic carbocycles. The molecule has 0 unspecified atom stereocenters. The van der Waals surface area contributed by atoms with Crippen LogP contribution >= 0.6 is 0 Å². The molecule has 0 aliphatic heterocycles. The molecule has 0 amide bonds. The SMILES string of the molecule is C=C(c1ccc(C(N)=NC(=NCc2ccccc2)c2ccc(-c3ccc4c5c(cccc35)-c3ccccc3-4)cc2)cc1)c1ccccc1C=N. The topological polar surface area (TPSA) is 74.6 Å². The van der Waals surface area contributed by atoms with Crippen molar-refractivity contribution in [3.63, 3.8) is 0 Å². The van der Waals surface area contributed by atoms with E-state index in [9.17, 15) is 0 Å². The van der Waals surface area contributed by atoms with Crippen molar-refractivity contribution in [2.75, 3.05) is 0 Å². The minimum absolute atomic E-state index is 0.380. The first-order valence-electron chi connectivity index (χ1n) is 16.7. The van der Waals surface area contributed by atoms with Crippen LogP contribution in [0, 0.1) is 5.41 Å². The smallest absolute Gasteiger partial charge is 0.157 e. The van der Waals surface area contributed by atoms with Crippen LogP contribution in [-0.2, 0) is 6.54 Å². The second-order valence-corrected chi connectivity index (χ2v) is 12.4. The van der Waals surface area contributed by atoms with Gasteiger partial charge in [0.25, 0.3) is 0 Å². The van der Waals surface area contributed by atoms with Gasteiger partial charge in [-0.1, -0.05) is 164 Å². The zero-order chi connectivity index (χ0) is 34.0. The molecule has 1 aliphatic carbocycles. The number of nitrogens with zero attached hydrogens (tertiary/aromatic N) is 2. The number of fused-ring (bicyclic) bond motifs is 3. The maximum absolute atomic E-state index is 7.77. The molecule has 7 aromatic rings. The lowest BCUT2D eigenvalue weighted by Gasteiger charge is -2.12. The first kappa shape index (κ1) is 30.7. The quantitative estimate of drug-likeness (QED) is 0.126. The van der Waals surface area contributed by atoms with Crippen molar-refractivity contribution >= 4 is 34.2 Å². The lowest BCUT2D eigenvalue weighted by atomic mass is 9.94. The predicted molar refractivity (Wildman–Crippen MR) is 210 cm³/mol. The molecular weight excluding hydrogens is 609 g/mol. The van der Waals surface area contributed by atoms with Gasteiger partial charge >= 0.3 is 0 Å². The normalized spacial score (nSPS) is 12.2. The zero-order valence-corrected chi connectivity index (χ0v) is 27.5. The van der Waals surface area contributed by atoms with E-state index in [0.29, 0.717) is 18.2 Å². The summed E-state index contributed by atoms with van der Waals surface area (Å²) in [5.74, 6) is 0.951. The molecule has 3 N–H and O–H groups in total. The lowest BCUT2D eigenvalue weighted by molar-refractivity contribution is 1.06. The highest BCUT2D eigenvalue weighted by atomic mass is 15.0. The van der Waals surface area contributed by atoms with E-state index in [1.807, 2.05) is 66.7 Å². The highest BCUT2D eigenvalue weighted by Crippen LogP contribution is 2.49. The summed E-state index contributed by atoms with van der Waals surface area (Å²) in [5.41, 5.74) is 20.5. The van der Waals surface area contributed by atoms with E-state index in [2.05, 4.69) is 97.6 Å². The van der Waals surface area contributed by atoms with Crippen molar-refractivity contribution in [3.8, 4) is 33.4 Å². The van der Waals surface area contributed by atoms with E-state index < -0.39 is 0 Å². The Balaban J connectivity index is 1.12. The van der Waals surface area contributed by atoms with Crippen molar-refractivity contribution in [1.29, 1.82) is 5.41 Å². The number of rotatable bonds is 8. The second kappa shape index (κ2) is 13.1. The van der Waals surface area contributed by atoms with Crippen molar-refractivity contribution in [3.05, 3.63) is 198 Å². The Bertz CT molecular complexity index is 2440. The minimum atomic E-state index is 0.380. The Hall–Kier alpha value is -6.65. The molecule has 0 saturated carbocycles. The van der Waals surface area contributed by atoms with Gasteiger partial charge in [-0.25, -0.2) is 4.99 Å².